The second-order valence-electron chi connectivity index (χ2n) is 8.77. The molecule has 172 valence electrons. The molecule has 1 aliphatic heterocycles. The van der Waals surface area contributed by atoms with Gasteiger partial charge in [0.2, 0.25) is 5.91 Å². The van der Waals surface area contributed by atoms with Gasteiger partial charge in [-0.3, -0.25) is 14.7 Å². The molecule has 35 heavy (non-hydrogen) atoms. The summed E-state index contributed by atoms with van der Waals surface area (Å²) in [6.07, 6.45) is 3.54. The van der Waals surface area contributed by atoms with Gasteiger partial charge in [-0.05, 0) is 48.7 Å². The lowest BCUT2D eigenvalue weighted by Gasteiger charge is -2.31. The van der Waals surface area contributed by atoms with Gasteiger partial charge in [-0.1, -0.05) is 65.9 Å². The van der Waals surface area contributed by atoms with Crippen LogP contribution in [-0.4, -0.2) is 15.9 Å². The molecule has 3 heterocycles. The fourth-order valence-corrected chi connectivity index (χ4v) is 5.73. The average Bonchev–Trinajstić information content (AvgIpc) is 3.35. The second-order valence-corrected chi connectivity index (χ2v) is 9.75. The highest BCUT2D eigenvalue weighted by Gasteiger charge is 2.36. The van der Waals surface area contributed by atoms with Gasteiger partial charge in [0.1, 0.15) is 11.5 Å². The predicted molar refractivity (Wildman–Crippen MR) is 139 cm³/mol. The van der Waals surface area contributed by atoms with E-state index in [0.717, 1.165) is 38.0 Å². The molecule has 0 saturated carbocycles. The molecule has 3 aromatic carbocycles. The molecule has 0 aliphatic carbocycles. The summed E-state index contributed by atoms with van der Waals surface area (Å²) in [6, 6.07) is 23.6. The molecule has 0 N–H and O–H groups in total. The Kier molecular flexibility index (Phi) is 5.30. The van der Waals surface area contributed by atoms with Crippen LogP contribution in [0.5, 0.6) is 11.5 Å². The zero-order valence-corrected chi connectivity index (χ0v) is 20.3. The third-order valence-electron chi connectivity index (χ3n) is 6.42. The predicted octanol–water partition coefficient (Wildman–Crippen LogP) is 6.78. The van der Waals surface area contributed by atoms with Crippen molar-refractivity contribution in [3.8, 4) is 11.5 Å². The number of amides is 1. The number of aryl methyl sites for hydroxylation is 2. The van der Waals surface area contributed by atoms with Gasteiger partial charge < -0.3 is 4.74 Å². The van der Waals surface area contributed by atoms with Gasteiger partial charge in [-0.2, -0.15) is 0 Å². The highest BCUT2D eigenvalue weighted by molar-refractivity contribution is 7.22. The van der Waals surface area contributed by atoms with Crippen molar-refractivity contribution in [1.29, 1.82) is 0 Å². The maximum Gasteiger partial charge on any atom is 0.241 e. The van der Waals surface area contributed by atoms with Crippen LogP contribution in [0.15, 0.2) is 85.2 Å². The van der Waals surface area contributed by atoms with Gasteiger partial charge >= 0.3 is 0 Å². The average molecular weight is 478 g/mol. The van der Waals surface area contributed by atoms with Crippen molar-refractivity contribution in [2.45, 2.75) is 26.3 Å². The summed E-state index contributed by atoms with van der Waals surface area (Å²) < 4.78 is 7.26. The lowest BCUT2D eigenvalue weighted by atomic mass is 9.87. The number of hydrogen-bond donors (Lipinski definition) is 0. The van der Waals surface area contributed by atoms with Crippen molar-refractivity contribution < 1.29 is 9.53 Å². The monoisotopic (exact) mass is 477 g/mol. The van der Waals surface area contributed by atoms with Gasteiger partial charge in [-0.15, -0.1) is 0 Å². The van der Waals surface area contributed by atoms with Crippen molar-refractivity contribution in [3.05, 3.63) is 113 Å². The Bertz CT molecular complexity index is 1480. The molecule has 0 atom stereocenters. The number of pyridine rings is 1. The van der Waals surface area contributed by atoms with Gasteiger partial charge in [0.25, 0.3) is 0 Å². The number of fused-ring (bicyclic) bond motifs is 3. The second kappa shape index (κ2) is 8.64. The summed E-state index contributed by atoms with van der Waals surface area (Å²) in [4.78, 5) is 25.5. The van der Waals surface area contributed by atoms with Gasteiger partial charge in [0, 0.05) is 23.5 Å². The number of benzene rings is 3. The van der Waals surface area contributed by atoms with Crippen molar-refractivity contribution in [1.82, 2.24) is 9.97 Å². The third-order valence-corrected chi connectivity index (χ3v) is 7.63. The van der Waals surface area contributed by atoms with E-state index >= 15 is 0 Å². The van der Waals surface area contributed by atoms with Crippen molar-refractivity contribution in [2.75, 3.05) is 4.90 Å². The minimum absolute atomic E-state index is 0.0357. The lowest BCUT2D eigenvalue weighted by Crippen LogP contribution is -2.36. The molecule has 1 aliphatic rings. The van der Waals surface area contributed by atoms with E-state index in [0.29, 0.717) is 23.2 Å². The van der Waals surface area contributed by atoms with Crippen LogP contribution >= 0.6 is 11.3 Å². The van der Waals surface area contributed by atoms with Crippen LogP contribution in [0.1, 0.15) is 33.7 Å². The quantitative estimate of drug-likeness (QED) is 0.286. The molecule has 6 rings (SSSR count). The smallest absolute Gasteiger partial charge is 0.241 e. The van der Waals surface area contributed by atoms with Crippen LogP contribution in [0.3, 0.4) is 0 Å². The van der Waals surface area contributed by atoms with E-state index in [2.05, 4.69) is 31.0 Å². The van der Waals surface area contributed by atoms with E-state index in [1.54, 1.807) is 23.7 Å². The van der Waals surface area contributed by atoms with Gasteiger partial charge in [0.05, 0.1) is 22.7 Å². The van der Waals surface area contributed by atoms with Crippen molar-refractivity contribution >= 4 is 32.6 Å². The maximum atomic E-state index is 14.5. The Morgan fingerprint density at radius 2 is 1.60 bits per heavy atom. The van der Waals surface area contributed by atoms with E-state index in [9.17, 15) is 4.79 Å². The fourth-order valence-electron chi connectivity index (χ4n) is 4.61. The number of carbonyl (C=O) groups is 1. The summed E-state index contributed by atoms with van der Waals surface area (Å²) in [7, 11) is 0. The highest BCUT2D eigenvalue weighted by Crippen LogP contribution is 2.46. The molecule has 2 aromatic heterocycles. The number of hydrogen-bond acceptors (Lipinski definition) is 5. The van der Waals surface area contributed by atoms with Crippen molar-refractivity contribution in [3.63, 3.8) is 0 Å². The van der Waals surface area contributed by atoms with Crippen LogP contribution in [-0.2, 0) is 11.3 Å². The molecule has 5 nitrogen and oxygen atoms in total. The van der Waals surface area contributed by atoms with Crippen LogP contribution in [0.2, 0.25) is 0 Å². The Morgan fingerprint density at radius 3 is 2.26 bits per heavy atom. The van der Waals surface area contributed by atoms with Crippen LogP contribution in [0.25, 0.3) is 10.2 Å². The molecule has 5 aromatic rings. The largest absolute Gasteiger partial charge is 0.457 e. The number of ether oxygens (including phenoxy) is 1. The van der Waals surface area contributed by atoms with Crippen LogP contribution < -0.4 is 9.64 Å². The zero-order chi connectivity index (χ0) is 23.9. The standard InChI is InChI=1S/C29H23N3O2S/c1-18-13-14-19(2)27-26(18)31-29(35-27)32(17-20-8-7-15-30-16-20)28(33)25-21-9-3-5-11-23(21)34-24-12-6-4-10-22(24)25/h3-16,25H,17H2,1-2H3. The summed E-state index contributed by atoms with van der Waals surface area (Å²) in [5.41, 5.74) is 5.87. The van der Waals surface area contributed by atoms with E-state index in [1.165, 1.54) is 0 Å². The third kappa shape index (κ3) is 3.76. The summed E-state index contributed by atoms with van der Waals surface area (Å²) >= 11 is 1.56. The highest BCUT2D eigenvalue weighted by atomic mass is 32.1. The molecule has 0 bridgehead atoms. The summed E-state index contributed by atoms with van der Waals surface area (Å²) in [5.74, 6) is 0.886. The lowest BCUT2D eigenvalue weighted by molar-refractivity contribution is -0.119. The summed E-state index contributed by atoms with van der Waals surface area (Å²) in [6.45, 7) is 4.53. The zero-order valence-electron chi connectivity index (χ0n) is 19.4. The SMILES string of the molecule is Cc1ccc(C)c2sc(N(Cc3cccnc3)C(=O)C3c4ccccc4Oc4ccccc43)nc12. The minimum atomic E-state index is -0.498. The minimum Gasteiger partial charge on any atom is -0.457 e. The Labute approximate surface area is 207 Å². The first kappa shape index (κ1) is 21.5. The van der Waals surface area contributed by atoms with Gasteiger partial charge in [0.15, 0.2) is 5.13 Å². The number of nitrogens with zero attached hydrogens (tertiary/aromatic N) is 3. The number of aromatic nitrogens is 2. The van der Waals surface area contributed by atoms with Crippen molar-refractivity contribution in [2.24, 2.45) is 0 Å². The molecule has 6 heteroatoms. The molecule has 0 spiro atoms. The van der Waals surface area contributed by atoms with Crippen LogP contribution in [0.4, 0.5) is 5.13 Å². The first-order valence-corrected chi connectivity index (χ1v) is 12.3. The van der Waals surface area contributed by atoms with E-state index < -0.39 is 5.92 Å². The van der Waals surface area contributed by atoms with E-state index in [4.69, 9.17) is 9.72 Å². The normalized spacial score (nSPS) is 12.6. The molecule has 0 fully saturated rings. The first-order valence-electron chi connectivity index (χ1n) is 11.5. The molecule has 0 unspecified atom stereocenters. The molecule has 0 radical (unpaired) electrons. The Hall–Kier alpha value is -4.03. The number of rotatable bonds is 4. The van der Waals surface area contributed by atoms with Gasteiger partial charge in [-0.25, -0.2) is 4.98 Å². The Morgan fingerprint density at radius 1 is 0.914 bits per heavy atom. The van der Waals surface area contributed by atoms with E-state index in [1.807, 2.05) is 65.6 Å². The number of anilines is 1. The first-order chi connectivity index (χ1) is 17.1. The molecular weight excluding hydrogens is 454 g/mol. The molecular formula is C29H23N3O2S. The topological polar surface area (TPSA) is 55.3 Å². The van der Waals surface area contributed by atoms with E-state index in [-0.39, 0.29) is 5.91 Å². The number of carbonyl (C=O) groups excluding carboxylic acids is 1. The summed E-state index contributed by atoms with van der Waals surface area (Å²) in [5, 5.41) is 0.688. The molecule has 0 saturated heterocycles. The van der Waals surface area contributed by atoms with Crippen LogP contribution in [0, 0.1) is 13.8 Å². The Balaban J connectivity index is 1.52. The maximum absolute atomic E-state index is 14.5. The number of para-hydroxylation sites is 2. The molecule has 1 amide bonds. The fraction of sp³-hybridized carbons (Fsp3) is 0.138. The number of thiazole rings is 1.